The molecule has 2 N–H and O–H groups in total. The number of halogens is 3. The van der Waals surface area contributed by atoms with E-state index in [1.807, 2.05) is 13.8 Å². The highest BCUT2D eigenvalue weighted by Crippen LogP contribution is 2.35. The molecule has 0 unspecified atom stereocenters. The van der Waals surface area contributed by atoms with Crippen molar-refractivity contribution in [3.05, 3.63) is 35.5 Å². The molecule has 0 aliphatic carbocycles. The molecule has 1 aromatic heterocycles. The number of anilines is 1. The second-order valence-corrected chi connectivity index (χ2v) is 5.51. The van der Waals surface area contributed by atoms with E-state index in [1.165, 1.54) is 10.7 Å². The molecule has 0 radical (unpaired) electrons. The molecule has 0 aliphatic rings. The first kappa shape index (κ1) is 15.4. The zero-order valence-corrected chi connectivity index (χ0v) is 12.2. The molecule has 0 spiro atoms. The maximum absolute atomic E-state index is 12.8. The fourth-order valence-electron chi connectivity index (χ4n) is 2.29. The van der Waals surface area contributed by atoms with E-state index in [0.29, 0.717) is 29.3 Å². The van der Waals surface area contributed by atoms with Crippen molar-refractivity contribution in [1.29, 1.82) is 0 Å². The molecule has 0 fully saturated rings. The summed E-state index contributed by atoms with van der Waals surface area (Å²) >= 11 is 0. The lowest BCUT2D eigenvalue weighted by molar-refractivity contribution is -0.137. The normalized spacial score (nSPS) is 12.1. The second kappa shape index (κ2) is 5.42. The average molecular weight is 297 g/mol. The number of aromatic nitrogens is 2. The fraction of sp³-hybridized carbons (Fsp3) is 0.400. The highest BCUT2D eigenvalue weighted by molar-refractivity contribution is 5.77. The van der Waals surface area contributed by atoms with Crippen LogP contribution in [-0.2, 0) is 19.6 Å². The van der Waals surface area contributed by atoms with E-state index in [0.717, 1.165) is 17.8 Å². The SMILES string of the molecule is CC(C)Cc1nn(C)c(N)c1-c1cccc(C(F)(F)F)c1. The Bertz CT molecular complexity index is 642. The van der Waals surface area contributed by atoms with Crippen molar-refractivity contribution in [3.63, 3.8) is 0 Å². The third kappa shape index (κ3) is 3.20. The van der Waals surface area contributed by atoms with Crippen molar-refractivity contribution in [3.8, 4) is 11.1 Å². The van der Waals surface area contributed by atoms with Crippen molar-refractivity contribution >= 4 is 5.82 Å². The lowest BCUT2D eigenvalue weighted by Gasteiger charge is -2.10. The molecule has 2 aromatic rings. The van der Waals surface area contributed by atoms with Crippen LogP contribution in [0.15, 0.2) is 24.3 Å². The molecular formula is C15H18F3N3. The van der Waals surface area contributed by atoms with Crippen LogP contribution in [0.3, 0.4) is 0 Å². The number of nitrogen functional groups attached to an aromatic ring is 1. The molecule has 114 valence electrons. The van der Waals surface area contributed by atoms with Crippen LogP contribution in [0.4, 0.5) is 19.0 Å². The minimum atomic E-state index is -4.37. The van der Waals surface area contributed by atoms with Crippen LogP contribution in [0.25, 0.3) is 11.1 Å². The topological polar surface area (TPSA) is 43.8 Å². The number of aryl methyl sites for hydroxylation is 1. The zero-order valence-electron chi connectivity index (χ0n) is 12.2. The van der Waals surface area contributed by atoms with Gasteiger partial charge >= 0.3 is 6.18 Å². The smallest absolute Gasteiger partial charge is 0.383 e. The van der Waals surface area contributed by atoms with Crippen molar-refractivity contribution in [1.82, 2.24) is 9.78 Å². The predicted octanol–water partition coefficient (Wildman–Crippen LogP) is 3.89. The lowest BCUT2D eigenvalue weighted by Crippen LogP contribution is -2.05. The fourth-order valence-corrected chi connectivity index (χ4v) is 2.29. The van der Waals surface area contributed by atoms with Crippen LogP contribution < -0.4 is 5.73 Å². The minimum Gasteiger partial charge on any atom is -0.383 e. The van der Waals surface area contributed by atoms with Crippen molar-refractivity contribution in [2.24, 2.45) is 13.0 Å². The Morgan fingerprint density at radius 3 is 2.52 bits per heavy atom. The van der Waals surface area contributed by atoms with E-state index in [4.69, 9.17) is 5.73 Å². The number of nitrogens with two attached hydrogens (primary N) is 1. The number of hydrogen-bond donors (Lipinski definition) is 1. The van der Waals surface area contributed by atoms with E-state index in [-0.39, 0.29) is 0 Å². The van der Waals surface area contributed by atoms with E-state index in [2.05, 4.69) is 5.10 Å². The Hall–Kier alpha value is -1.98. The van der Waals surface area contributed by atoms with Gasteiger partial charge in [-0.25, -0.2) is 0 Å². The van der Waals surface area contributed by atoms with Gasteiger partial charge in [0.05, 0.1) is 11.3 Å². The van der Waals surface area contributed by atoms with Crippen LogP contribution in [-0.4, -0.2) is 9.78 Å². The van der Waals surface area contributed by atoms with Gasteiger partial charge in [-0.1, -0.05) is 26.0 Å². The largest absolute Gasteiger partial charge is 0.416 e. The van der Waals surface area contributed by atoms with E-state index in [9.17, 15) is 13.2 Å². The molecule has 0 aliphatic heterocycles. The lowest BCUT2D eigenvalue weighted by atomic mass is 9.98. The first-order valence-corrected chi connectivity index (χ1v) is 6.69. The highest BCUT2D eigenvalue weighted by atomic mass is 19.4. The first-order chi connectivity index (χ1) is 9.70. The molecule has 1 heterocycles. The average Bonchev–Trinajstić information content (AvgIpc) is 2.63. The quantitative estimate of drug-likeness (QED) is 0.934. The maximum atomic E-state index is 12.8. The summed E-state index contributed by atoms with van der Waals surface area (Å²) in [6, 6.07) is 5.20. The summed E-state index contributed by atoms with van der Waals surface area (Å²) < 4.78 is 40.1. The Kier molecular flexibility index (Phi) is 3.98. The van der Waals surface area contributed by atoms with E-state index >= 15 is 0 Å². The van der Waals surface area contributed by atoms with Gasteiger partial charge in [0.15, 0.2) is 0 Å². The molecule has 0 atom stereocenters. The van der Waals surface area contributed by atoms with Crippen molar-refractivity contribution in [2.45, 2.75) is 26.4 Å². The standard InChI is InChI=1S/C15H18F3N3/c1-9(2)7-12-13(14(19)21(3)20-12)10-5-4-6-11(8-10)15(16,17)18/h4-6,8-9H,7,19H2,1-3H3. The molecule has 1 aromatic carbocycles. The summed E-state index contributed by atoms with van der Waals surface area (Å²) in [4.78, 5) is 0. The Morgan fingerprint density at radius 1 is 1.29 bits per heavy atom. The molecular weight excluding hydrogens is 279 g/mol. The number of alkyl halides is 3. The van der Waals surface area contributed by atoms with Crippen LogP contribution in [0, 0.1) is 5.92 Å². The molecule has 0 amide bonds. The van der Waals surface area contributed by atoms with Gasteiger partial charge in [-0.2, -0.15) is 18.3 Å². The summed E-state index contributed by atoms with van der Waals surface area (Å²) in [5, 5.41) is 4.33. The number of benzene rings is 1. The number of nitrogens with zero attached hydrogens (tertiary/aromatic N) is 2. The summed E-state index contributed by atoms with van der Waals surface area (Å²) in [5.41, 5.74) is 7.08. The molecule has 0 saturated heterocycles. The van der Waals surface area contributed by atoms with Gasteiger partial charge in [-0.15, -0.1) is 0 Å². The van der Waals surface area contributed by atoms with Crippen LogP contribution >= 0.6 is 0 Å². The van der Waals surface area contributed by atoms with Crippen molar-refractivity contribution in [2.75, 3.05) is 5.73 Å². The zero-order chi connectivity index (χ0) is 15.8. The van der Waals surface area contributed by atoms with Gasteiger partial charge in [-0.05, 0) is 30.0 Å². The summed E-state index contributed by atoms with van der Waals surface area (Å²) in [7, 11) is 1.69. The molecule has 2 rings (SSSR count). The molecule has 21 heavy (non-hydrogen) atoms. The molecule has 0 saturated carbocycles. The second-order valence-electron chi connectivity index (χ2n) is 5.51. The molecule has 6 heteroatoms. The van der Waals surface area contributed by atoms with Crippen LogP contribution in [0.2, 0.25) is 0 Å². The first-order valence-electron chi connectivity index (χ1n) is 6.69. The highest BCUT2D eigenvalue weighted by Gasteiger charge is 2.31. The van der Waals surface area contributed by atoms with Gasteiger partial charge in [0.2, 0.25) is 0 Å². The summed E-state index contributed by atoms with van der Waals surface area (Å²) in [6.45, 7) is 4.06. The minimum absolute atomic E-state index is 0.337. The van der Waals surface area contributed by atoms with Crippen LogP contribution in [0.5, 0.6) is 0 Å². The monoisotopic (exact) mass is 297 g/mol. The Labute approximate surface area is 121 Å². The van der Waals surface area contributed by atoms with Gasteiger partial charge in [-0.3, -0.25) is 4.68 Å². The van der Waals surface area contributed by atoms with Gasteiger partial charge in [0.25, 0.3) is 0 Å². The molecule has 3 nitrogen and oxygen atoms in total. The van der Waals surface area contributed by atoms with Crippen LogP contribution in [0.1, 0.15) is 25.1 Å². The number of rotatable bonds is 3. The summed E-state index contributed by atoms with van der Waals surface area (Å²) in [6.07, 6.45) is -3.71. The maximum Gasteiger partial charge on any atom is 0.416 e. The van der Waals surface area contributed by atoms with Gasteiger partial charge < -0.3 is 5.73 Å². The van der Waals surface area contributed by atoms with Gasteiger partial charge in [0, 0.05) is 12.6 Å². The van der Waals surface area contributed by atoms with Crippen molar-refractivity contribution < 1.29 is 13.2 Å². The third-order valence-electron chi connectivity index (χ3n) is 3.24. The number of hydrogen-bond acceptors (Lipinski definition) is 2. The van der Waals surface area contributed by atoms with Gasteiger partial charge in [0.1, 0.15) is 5.82 Å². The third-order valence-corrected chi connectivity index (χ3v) is 3.24. The predicted molar refractivity (Wildman–Crippen MR) is 76.6 cm³/mol. The summed E-state index contributed by atoms with van der Waals surface area (Å²) in [5.74, 6) is 0.717. The van der Waals surface area contributed by atoms with E-state index in [1.54, 1.807) is 13.1 Å². The van der Waals surface area contributed by atoms with E-state index < -0.39 is 11.7 Å². The Morgan fingerprint density at radius 2 is 1.95 bits per heavy atom. The molecule has 0 bridgehead atoms. The Balaban J connectivity index is 2.56.